The van der Waals surface area contributed by atoms with E-state index >= 15 is 0 Å². The van der Waals surface area contributed by atoms with Crippen LogP contribution >= 0.6 is 0 Å². The summed E-state index contributed by atoms with van der Waals surface area (Å²) in [4.78, 5) is 8.56. The number of carbonyl (C=O) groups is 1. The molecule has 0 saturated carbocycles. The topological polar surface area (TPSA) is 92.5 Å². The van der Waals surface area contributed by atoms with Crippen molar-refractivity contribution in [3.8, 4) is 0 Å². The Morgan fingerprint density at radius 1 is 1.43 bits per heavy atom. The predicted molar refractivity (Wildman–Crippen MR) is 27.3 cm³/mol. The molecule has 0 saturated heterocycles. The van der Waals surface area contributed by atoms with E-state index in [0.717, 1.165) is 0 Å². The molecule has 0 aromatic carbocycles. The van der Waals surface area contributed by atoms with Crippen molar-refractivity contribution in [2.45, 2.75) is 4.17 Å². The van der Waals surface area contributed by atoms with Crippen LogP contribution in [0.3, 0.4) is 0 Å². The van der Waals surface area contributed by atoms with Gasteiger partial charge in [-0.05, 0) is 0 Å². The molecule has 5 heteroatoms. The van der Waals surface area contributed by atoms with Gasteiger partial charge in [0.05, 0.1) is 0 Å². The molecule has 0 bridgehead atoms. The zero-order valence-corrected chi connectivity index (χ0v) is 6.51. The Hall–Kier alpha value is 0.230. The first-order chi connectivity index (χ1) is 2.73. The van der Waals surface area contributed by atoms with Crippen molar-refractivity contribution in [2.24, 2.45) is 0 Å². The maximum absolute atomic E-state index is 8.56. The van der Waals surface area contributed by atoms with Crippen molar-refractivity contribution in [1.82, 2.24) is 6.15 Å². The van der Waals surface area contributed by atoms with E-state index in [1.54, 1.807) is 0 Å². The predicted octanol–water partition coefficient (Wildman–Crippen LogP) is 0.587. The van der Waals surface area contributed by atoms with Gasteiger partial charge < -0.3 is 16.4 Å². The van der Waals surface area contributed by atoms with Gasteiger partial charge in [-0.25, -0.2) is 4.79 Å². The van der Waals surface area contributed by atoms with Crippen molar-refractivity contribution >= 4 is 34.1 Å². The summed E-state index contributed by atoms with van der Waals surface area (Å²) in [6, 6.07) is 0. The second-order valence-electron chi connectivity index (χ2n) is 0.283. The van der Waals surface area contributed by atoms with Gasteiger partial charge in [0.25, 0.3) is 0 Å². The van der Waals surface area contributed by atoms with Crippen LogP contribution in [0.2, 0.25) is 4.17 Å². The van der Waals surface area contributed by atoms with Gasteiger partial charge in [-0.1, -0.05) is 0 Å². The molecule has 0 unspecified atom stereocenters. The van der Waals surface area contributed by atoms with E-state index in [-0.39, 0.29) is 6.15 Å². The normalized spacial score (nSPS) is 4.43. The van der Waals surface area contributed by atoms with E-state index in [0.29, 0.717) is 0 Å². The molecular formula is C2H8NNaO3. The first-order valence-electron chi connectivity index (χ1n) is 1.65. The number of hydrogen-bond donors (Lipinski definition) is 3. The standard InChI is InChI=1S/CH2O3.CH3.H3N.Na/c2-1(3)4;;;/h(H2,2,3,4);2*1H3;. The van der Waals surface area contributed by atoms with Crippen molar-refractivity contribution < 1.29 is 15.0 Å². The third kappa shape index (κ3) is 2110. The molecule has 0 aliphatic rings. The van der Waals surface area contributed by atoms with Crippen LogP contribution in [-0.2, 0) is 0 Å². The molecule has 0 heterocycles. The molecule has 40 valence electrons. The molecule has 0 aromatic heterocycles. The van der Waals surface area contributed by atoms with Crippen LogP contribution < -0.4 is 6.15 Å². The Morgan fingerprint density at radius 2 is 1.43 bits per heavy atom. The Morgan fingerprint density at radius 3 is 1.43 bits per heavy atom. The molecule has 7 heavy (non-hydrogen) atoms. The number of hydrogen-bond acceptors (Lipinski definition) is 2. The molecule has 0 atom stereocenters. The summed E-state index contributed by atoms with van der Waals surface area (Å²) in [5.41, 5.74) is 0. The number of carboxylic acid groups (broad SMARTS) is 2. The van der Waals surface area contributed by atoms with Crippen LogP contribution in [0, 0.1) is 0 Å². The summed E-state index contributed by atoms with van der Waals surface area (Å²) in [5, 5.41) is 13.9. The summed E-state index contributed by atoms with van der Waals surface area (Å²) < 4.78 is 2.14. The second-order valence-corrected chi connectivity index (χ2v) is 0.283. The molecule has 4 nitrogen and oxygen atoms in total. The molecule has 0 amide bonds. The van der Waals surface area contributed by atoms with Crippen LogP contribution in [0.25, 0.3) is 0 Å². The third-order valence-electron chi connectivity index (χ3n) is 0. The Labute approximate surface area is 59.5 Å². The van der Waals surface area contributed by atoms with Gasteiger partial charge in [0.2, 0.25) is 0 Å². The minimum atomic E-state index is -1.83. The molecule has 0 radical (unpaired) electrons. The van der Waals surface area contributed by atoms with Crippen molar-refractivity contribution in [3.63, 3.8) is 0 Å². The molecule has 0 aromatic rings. The van der Waals surface area contributed by atoms with Gasteiger partial charge in [-0.3, -0.25) is 0 Å². The molecule has 5 N–H and O–H groups in total. The first-order valence-corrected chi connectivity index (χ1v) is 3.65. The van der Waals surface area contributed by atoms with Gasteiger partial charge in [0.15, 0.2) is 0 Å². The molecule has 0 aliphatic heterocycles. The van der Waals surface area contributed by atoms with Crippen LogP contribution in [0.1, 0.15) is 0 Å². The van der Waals surface area contributed by atoms with Crippen LogP contribution in [0.4, 0.5) is 4.79 Å². The fraction of sp³-hybridized carbons (Fsp3) is 0.500. The zero-order chi connectivity index (χ0) is 5.58. The van der Waals surface area contributed by atoms with Crippen LogP contribution in [0.15, 0.2) is 0 Å². The Bertz CT molecular complexity index is 35.9. The summed E-state index contributed by atoms with van der Waals surface area (Å²) >= 11 is 1.31. The molecule has 0 rings (SSSR count). The van der Waals surface area contributed by atoms with Crippen LogP contribution in [-0.4, -0.2) is 44.3 Å². The summed E-state index contributed by atoms with van der Waals surface area (Å²) in [6.45, 7) is 0. The van der Waals surface area contributed by atoms with Crippen LogP contribution in [0.5, 0.6) is 0 Å². The van der Waals surface area contributed by atoms with Gasteiger partial charge in [-0.15, -0.1) is 0 Å². The van der Waals surface area contributed by atoms with Gasteiger partial charge in [0, 0.05) is 0 Å². The van der Waals surface area contributed by atoms with E-state index in [2.05, 4.69) is 4.17 Å². The summed E-state index contributed by atoms with van der Waals surface area (Å²) in [7, 11) is 0. The fourth-order valence-electron chi connectivity index (χ4n) is 0. The summed E-state index contributed by atoms with van der Waals surface area (Å²) in [6.07, 6.45) is -1.83. The second kappa shape index (κ2) is 16.3. The fourth-order valence-corrected chi connectivity index (χ4v) is 0. The number of rotatable bonds is 0. The molecule has 0 spiro atoms. The van der Waals surface area contributed by atoms with E-state index in [1.165, 1.54) is 27.9 Å². The van der Waals surface area contributed by atoms with Crippen molar-refractivity contribution in [2.75, 3.05) is 0 Å². The van der Waals surface area contributed by atoms with Crippen molar-refractivity contribution in [1.29, 1.82) is 0 Å². The average molecular weight is 117 g/mol. The zero-order valence-electron chi connectivity index (χ0n) is 4.51. The quantitative estimate of drug-likeness (QED) is 0.405. The van der Waals surface area contributed by atoms with Gasteiger partial charge in [-0.2, -0.15) is 0 Å². The molecule has 0 fully saturated rings. The first kappa shape index (κ1) is 15.7. The molecule has 0 aliphatic carbocycles. The van der Waals surface area contributed by atoms with E-state index in [4.69, 9.17) is 15.0 Å². The van der Waals surface area contributed by atoms with Crippen molar-refractivity contribution in [3.05, 3.63) is 0 Å². The Kier molecular flexibility index (Phi) is 36.6. The van der Waals surface area contributed by atoms with Gasteiger partial charge in [0.1, 0.15) is 0 Å². The molecular weight excluding hydrogens is 109 g/mol. The minimum absolute atomic E-state index is 0. The summed E-state index contributed by atoms with van der Waals surface area (Å²) in [5.74, 6) is 0. The van der Waals surface area contributed by atoms with E-state index in [1.807, 2.05) is 0 Å². The van der Waals surface area contributed by atoms with E-state index < -0.39 is 6.16 Å². The Balaban J connectivity index is -0.0000000480. The SMILES string of the molecule is N.O=C(O)O.[CH3][Na]. The van der Waals surface area contributed by atoms with Gasteiger partial charge >= 0.3 is 38.3 Å². The third-order valence-corrected chi connectivity index (χ3v) is 0. The monoisotopic (exact) mass is 117 g/mol. The van der Waals surface area contributed by atoms with E-state index in [9.17, 15) is 0 Å². The maximum atomic E-state index is 8.56. The average Bonchev–Trinajstić information content (AvgIpc) is 1.41.